The van der Waals surface area contributed by atoms with E-state index in [1.54, 1.807) is 0 Å². The van der Waals surface area contributed by atoms with Crippen LogP contribution in [0.1, 0.15) is 46.0 Å². The van der Waals surface area contributed by atoms with Crippen LogP contribution in [0.5, 0.6) is 0 Å². The number of aliphatic hydroxyl groups is 1. The van der Waals surface area contributed by atoms with Crippen molar-refractivity contribution in [2.45, 2.75) is 57.5 Å². The first kappa shape index (κ1) is 12.9. The van der Waals surface area contributed by atoms with Gasteiger partial charge in [-0.1, -0.05) is 6.42 Å². The van der Waals surface area contributed by atoms with Crippen molar-refractivity contribution in [2.24, 2.45) is 5.73 Å². The van der Waals surface area contributed by atoms with Gasteiger partial charge in [0.2, 0.25) is 0 Å². The lowest BCUT2D eigenvalue weighted by Crippen LogP contribution is -2.42. The summed E-state index contributed by atoms with van der Waals surface area (Å²) in [5.74, 6) is 0. The molecule has 0 saturated carbocycles. The fourth-order valence-electron chi connectivity index (χ4n) is 2.25. The van der Waals surface area contributed by atoms with Crippen LogP contribution >= 0.6 is 0 Å². The Labute approximate surface area is 93.6 Å². The molecule has 0 radical (unpaired) electrons. The van der Waals surface area contributed by atoms with Crippen molar-refractivity contribution in [3.63, 3.8) is 0 Å². The third-order valence-corrected chi connectivity index (χ3v) is 3.49. The summed E-state index contributed by atoms with van der Waals surface area (Å²) in [4.78, 5) is 2.55. The molecule has 1 aliphatic heterocycles. The van der Waals surface area contributed by atoms with Crippen LogP contribution in [0.25, 0.3) is 0 Å². The predicted molar refractivity (Wildman–Crippen MR) is 63.8 cm³/mol. The van der Waals surface area contributed by atoms with E-state index in [1.807, 2.05) is 6.92 Å². The van der Waals surface area contributed by atoms with Gasteiger partial charge in [0.05, 0.1) is 6.61 Å². The lowest BCUT2D eigenvalue weighted by atomic mass is 9.97. The van der Waals surface area contributed by atoms with Crippen LogP contribution in [0.3, 0.4) is 0 Å². The summed E-state index contributed by atoms with van der Waals surface area (Å²) in [6, 6.07) is 0.733. The van der Waals surface area contributed by atoms with Crippen molar-refractivity contribution in [1.82, 2.24) is 4.90 Å². The Balaban J connectivity index is 2.19. The Bertz CT molecular complexity index is 182. The van der Waals surface area contributed by atoms with Crippen LogP contribution in [0.4, 0.5) is 0 Å². The maximum atomic E-state index is 9.04. The maximum absolute atomic E-state index is 9.04. The monoisotopic (exact) mass is 214 g/mol. The quantitative estimate of drug-likeness (QED) is 0.726. The Hall–Kier alpha value is -0.120. The van der Waals surface area contributed by atoms with Crippen molar-refractivity contribution in [2.75, 3.05) is 19.7 Å². The molecule has 1 aliphatic rings. The molecule has 1 heterocycles. The van der Waals surface area contributed by atoms with Crippen molar-refractivity contribution >= 4 is 0 Å². The molecule has 0 aromatic carbocycles. The first-order valence-electron chi connectivity index (χ1n) is 6.19. The van der Waals surface area contributed by atoms with Gasteiger partial charge < -0.3 is 15.7 Å². The topological polar surface area (TPSA) is 49.5 Å². The van der Waals surface area contributed by atoms with E-state index in [-0.39, 0.29) is 12.1 Å². The number of hydrogen-bond acceptors (Lipinski definition) is 3. The fourth-order valence-corrected chi connectivity index (χ4v) is 2.25. The number of nitrogens with two attached hydrogens (primary N) is 1. The summed E-state index contributed by atoms with van der Waals surface area (Å²) in [6.45, 7) is 6.69. The van der Waals surface area contributed by atoms with E-state index >= 15 is 0 Å². The molecular weight excluding hydrogens is 188 g/mol. The van der Waals surface area contributed by atoms with Crippen LogP contribution in [-0.2, 0) is 0 Å². The van der Waals surface area contributed by atoms with Crippen LogP contribution in [0, 0.1) is 0 Å². The highest BCUT2D eigenvalue weighted by Gasteiger charge is 2.20. The third kappa shape index (κ3) is 4.49. The van der Waals surface area contributed by atoms with Crippen molar-refractivity contribution < 1.29 is 5.11 Å². The van der Waals surface area contributed by atoms with E-state index in [0.717, 1.165) is 25.4 Å². The lowest BCUT2D eigenvalue weighted by Gasteiger charge is -2.34. The summed E-state index contributed by atoms with van der Waals surface area (Å²) >= 11 is 0. The van der Waals surface area contributed by atoms with Gasteiger partial charge in [0.25, 0.3) is 0 Å². The third-order valence-electron chi connectivity index (χ3n) is 3.49. The van der Waals surface area contributed by atoms with Gasteiger partial charge in [0.15, 0.2) is 0 Å². The van der Waals surface area contributed by atoms with Gasteiger partial charge in [0.1, 0.15) is 0 Å². The second-order valence-corrected chi connectivity index (χ2v) is 5.30. The van der Waals surface area contributed by atoms with E-state index in [9.17, 15) is 0 Å². The number of likely N-dealkylation sites (tertiary alicyclic amines) is 1. The summed E-state index contributed by atoms with van der Waals surface area (Å²) in [7, 11) is 0. The average molecular weight is 214 g/mol. The minimum Gasteiger partial charge on any atom is -0.394 e. The van der Waals surface area contributed by atoms with Crippen molar-refractivity contribution in [3.8, 4) is 0 Å². The Kier molecular flexibility index (Phi) is 5.03. The molecule has 1 rings (SSSR count). The lowest BCUT2D eigenvalue weighted by molar-refractivity contribution is 0.145. The molecule has 0 amide bonds. The smallest absolute Gasteiger partial charge is 0.0608 e. The highest BCUT2D eigenvalue weighted by molar-refractivity contribution is 4.79. The fraction of sp³-hybridized carbons (Fsp3) is 1.00. The average Bonchev–Trinajstić information content (AvgIpc) is 2.21. The van der Waals surface area contributed by atoms with E-state index < -0.39 is 0 Å². The largest absolute Gasteiger partial charge is 0.394 e. The maximum Gasteiger partial charge on any atom is 0.0608 e. The zero-order chi connectivity index (χ0) is 11.3. The molecule has 0 bridgehead atoms. The standard InChI is InChI=1S/C12H26N2O/c1-11-6-3-4-8-14(11)9-5-7-12(2,13)10-15/h11,15H,3-10,13H2,1-2H3. The number of aliphatic hydroxyl groups excluding tert-OH is 1. The second-order valence-electron chi connectivity index (χ2n) is 5.30. The molecule has 1 saturated heterocycles. The summed E-state index contributed by atoms with van der Waals surface area (Å²) < 4.78 is 0. The molecule has 3 heteroatoms. The van der Waals surface area contributed by atoms with Crippen LogP contribution in [-0.4, -0.2) is 41.3 Å². The summed E-state index contributed by atoms with van der Waals surface area (Å²) in [5, 5.41) is 9.04. The Morgan fingerprint density at radius 2 is 2.20 bits per heavy atom. The summed E-state index contributed by atoms with van der Waals surface area (Å²) in [5.41, 5.74) is 5.51. The summed E-state index contributed by atoms with van der Waals surface area (Å²) in [6.07, 6.45) is 6.05. The molecule has 2 unspecified atom stereocenters. The minimum absolute atomic E-state index is 0.0859. The van der Waals surface area contributed by atoms with Gasteiger partial charge in [-0.05, 0) is 52.6 Å². The van der Waals surface area contributed by atoms with Gasteiger partial charge in [-0.3, -0.25) is 0 Å². The normalized spacial score (nSPS) is 27.6. The first-order valence-corrected chi connectivity index (χ1v) is 6.19. The van der Waals surface area contributed by atoms with Gasteiger partial charge in [0, 0.05) is 11.6 Å². The van der Waals surface area contributed by atoms with Gasteiger partial charge >= 0.3 is 0 Å². The molecule has 90 valence electrons. The van der Waals surface area contributed by atoms with Crippen molar-refractivity contribution in [1.29, 1.82) is 0 Å². The van der Waals surface area contributed by atoms with Gasteiger partial charge in [-0.15, -0.1) is 0 Å². The van der Waals surface area contributed by atoms with E-state index in [0.29, 0.717) is 0 Å². The highest BCUT2D eigenvalue weighted by atomic mass is 16.3. The molecule has 3 N–H and O–H groups in total. The first-order chi connectivity index (χ1) is 7.05. The van der Waals surface area contributed by atoms with Crippen LogP contribution < -0.4 is 5.73 Å². The number of rotatable bonds is 5. The molecule has 0 aromatic heterocycles. The zero-order valence-corrected chi connectivity index (χ0v) is 10.2. The second kappa shape index (κ2) is 5.83. The number of hydrogen-bond donors (Lipinski definition) is 2. The van der Waals surface area contributed by atoms with Crippen LogP contribution in [0.15, 0.2) is 0 Å². The van der Waals surface area contributed by atoms with E-state index in [4.69, 9.17) is 10.8 Å². The molecule has 15 heavy (non-hydrogen) atoms. The highest BCUT2D eigenvalue weighted by Crippen LogP contribution is 2.17. The van der Waals surface area contributed by atoms with Crippen LogP contribution in [0.2, 0.25) is 0 Å². The SMILES string of the molecule is CC1CCCCN1CCCC(C)(N)CO. The minimum atomic E-state index is -0.390. The van der Waals surface area contributed by atoms with E-state index in [2.05, 4.69) is 11.8 Å². The molecule has 1 fully saturated rings. The molecule has 2 atom stereocenters. The van der Waals surface area contributed by atoms with E-state index in [1.165, 1.54) is 25.8 Å². The molecule has 0 aromatic rings. The molecular formula is C12H26N2O. The Morgan fingerprint density at radius 1 is 1.47 bits per heavy atom. The zero-order valence-electron chi connectivity index (χ0n) is 10.2. The van der Waals surface area contributed by atoms with Crippen molar-refractivity contribution in [3.05, 3.63) is 0 Å². The predicted octanol–water partition coefficient (Wildman–Crippen LogP) is 1.35. The molecule has 3 nitrogen and oxygen atoms in total. The molecule has 0 aliphatic carbocycles. The van der Waals surface area contributed by atoms with Gasteiger partial charge in [-0.25, -0.2) is 0 Å². The molecule has 0 spiro atoms. The number of piperidine rings is 1. The number of nitrogens with zero attached hydrogens (tertiary/aromatic N) is 1. The Morgan fingerprint density at radius 3 is 2.80 bits per heavy atom. The van der Waals surface area contributed by atoms with Gasteiger partial charge in [-0.2, -0.15) is 0 Å².